The molecule has 1 unspecified atom stereocenters. The van der Waals surface area contributed by atoms with Gasteiger partial charge in [-0.25, -0.2) is 0 Å². The average Bonchev–Trinajstić information content (AvgIpc) is 3.06. The van der Waals surface area contributed by atoms with Crippen molar-refractivity contribution in [2.75, 3.05) is 5.32 Å². The van der Waals surface area contributed by atoms with E-state index in [1.165, 1.54) is 0 Å². The van der Waals surface area contributed by atoms with Crippen LogP contribution < -0.4 is 21.2 Å². The van der Waals surface area contributed by atoms with Crippen LogP contribution in [0.15, 0.2) is 109 Å². The summed E-state index contributed by atoms with van der Waals surface area (Å²) in [5.41, 5.74) is 1.10. The van der Waals surface area contributed by atoms with Crippen LogP contribution in [0.3, 0.4) is 0 Å². The quantitative estimate of drug-likeness (QED) is 0.284. The first kappa shape index (κ1) is 22.6. The number of benzene rings is 4. The van der Waals surface area contributed by atoms with Crippen molar-refractivity contribution in [2.45, 2.75) is 12.2 Å². The van der Waals surface area contributed by atoms with Crippen LogP contribution in [-0.4, -0.2) is 18.1 Å². The van der Waals surface area contributed by atoms with E-state index in [0.717, 1.165) is 0 Å². The summed E-state index contributed by atoms with van der Waals surface area (Å²) < 4.78 is 42.2. The molecule has 34 heavy (non-hydrogen) atoms. The van der Waals surface area contributed by atoms with E-state index in [0.29, 0.717) is 27.2 Å². The number of phenols is 1. The van der Waals surface area contributed by atoms with E-state index in [1.54, 1.807) is 24.3 Å². The van der Waals surface area contributed by atoms with Crippen molar-refractivity contribution >= 4 is 38.8 Å². The Morgan fingerprint density at radius 1 is 0.765 bits per heavy atom. The van der Waals surface area contributed by atoms with Gasteiger partial charge in [-0.2, -0.15) is 0 Å². The normalized spacial score (nSPS) is 21.5. The van der Waals surface area contributed by atoms with Gasteiger partial charge in [0.1, 0.15) is 0 Å². The van der Waals surface area contributed by atoms with E-state index < -0.39 is 22.5 Å². The molecule has 0 fully saturated rings. The van der Waals surface area contributed by atoms with Crippen LogP contribution in [0.5, 0.6) is 5.75 Å². The maximum absolute atomic E-state index is 12.8. The third-order valence-electron chi connectivity index (χ3n) is 6.76. The Morgan fingerprint density at radius 2 is 1.26 bits per heavy atom. The maximum atomic E-state index is 12.8. The van der Waals surface area contributed by atoms with Crippen molar-refractivity contribution < 1.29 is 22.0 Å². The van der Waals surface area contributed by atoms with E-state index in [9.17, 15) is 18.1 Å². The van der Waals surface area contributed by atoms with Gasteiger partial charge >= 0.3 is 199 Å². The van der Waals surface area contributed by atoms with Crippen LogP contribution in [0.1, 0.15) is 12.5 Å². The van der Waals surface area contributed by atoms with Crippen LogP contribution in [0.25, 0.3) is 0 Å². The number of hydrogen-bond acceptors (Lipinski definition) is 5. The first-order chi connectivity index (χ1) is 16.2. The summed E-state index contributed by atoms with van der Waals surface area (Å²) >= 11 is 0. The average molecular weight is 494 g/mol. The second kappa shape index (κ2) is 7.65. The summed E-state index contributed by atoms with van der Waals surface area (Å²) in [5.74, 6) is -0.0230. The zero-order valence-corrected chi connectivity index (χ0v) is 20.1. The Hall–Kier alpha value is -3.22. The third kappa shape index (κ3) is 2.82. The SMILES string of the molecule is CC1(c2ccccc2O)Nc2ccccc2P1(OS(=O)(=O)O)(c1ccccc1)c1ccccc1. The van der Waals surface area contributed by atoms with Gasteiger partial charge in [0.25, 0.3) is 0 Å². The molecule has 0 saturated heterocycles. The molecule has 6 nitrogen and oxygen atoms in total. The molecule has 0 bridgehead atoms. The minimum atomic E-state index is -5.02. The molecule has 4 aromatic carbocycles. The molecule has 1 aliphatic rings. The molecule has 8 heteroatoms. The number of phenolic OH excluding ortho intramolecular Hbond substituents is 1. The summed E-state index contributed by atoms with van der Waals surface area (Å²) in [6.07, 6.45) is 0. The topological polar surface area (TPSA) is 95.9 Å². The molecule has 5 rings (SSSR count). The van der Waals surface area contributed by atoms with Crippen LogP contribution in [0, 0.1) is 0 Å². The molecule has 0 saturated carbocycles. The van der Waals surface area contributed by atoms with Crippen LogP contribution >= 0.6 is 6.83 Å². The van der Waals surface area contributed by atoms with Crippen molar-refractivity contribution in [3.8, 4) is 5.75 Å². The molecule has 1 atom stereocenters. The van der Waals surface area contributed by atoms with Crippen molar-refractivity contribution in [1.29, 1.82) is 0 Å². The number of anilines is 1. The van der Waals surface area contributed by atoms with Gasteiger partial charge in [0.15, 0.2) is 0 Å². The molecule has 4 aromatic rings. The molecular formula is C26H24NO5PS. The van der Waals surface area contributed by atoms with Crippen LogP contribution in [-0.2, 0) is 19.6 Å². The minimum absolute atomic E-state index is 0.0230. The molecular weight excluding hydrogens is 469 g/mol. The molecule has 1 aliphatic heterocycles. The Morgan fingerprint density at radius 3 is 1.82 bits per heavy atom. The number of hydrogen-bond donors (Lipinski definition) is 3. The number of para-hydroxylation sites is 2. The van der Waals surface area contributed by atoms with E-state index in [1.807, 2.05) is 91.9 Å². The third-order valence-corrected chi connectivity index (χ3v) is 14.6. The van der Waals surface area contributed by atoms with Crippen LogP contribution in [0.2, 0.25) is 0 Å². The first-order valence-electron chi connectivity index (χ1n) is 10.7. The summed E-state index contributed by atoms with van der Waals surface area (Å²) in [6.45, 7) is -2.84. The summed E-state index contributed by atoms with van der Waals surface area (Å²) in [6, 6.07) is 32.3. The number of fused-ring (bicyclic) bond motifs is 1. The summed E-state index contributed by atoms with van der Waals surface area (Å²) in [4.78, 5) is 0. The van der Waals surface area contributed by atoms with Gasteiger partial charge in [-0.3, -0.25) is 0 Å². The molecule has 0 aromatic heterocycles. The first-order valence-corrected chi connectivity index (χ1v) is 14.2. The van der Waals surface area contributed by atoms with Crippen molar-refractivity contribution in [2.24, 2.45) is 0 Å². The Balaban J connectivity index is 2.12. The fourth-order valence-corrected chi connectivity index (χ4v) is 14.4. The van der Waals surface area contributed by atoms with Gasteiger partial charge in [0.05, 0.1) is 0 Å². The van der Waals surface area contributed by atoms with Gasteiger partial charge in [-0.1, -0.05) is 0 Å². The predicted octanol–water partition coefficient (Wildman–Crippen LogP) is 4.25. The molecule has 1 heterocycles. The number of nitrogens with one attached hydrogen (secondary N) is 1. The van der Waals surface area contributed by atoms with Gasteiger partial charge in [0, 0.05) is 0 Å². The van der Waals surface area contributed by atoms with E-state index in [-0.39, 0.29) is 5.75 Å². The molecule has 0 amide bonds. The van der Waals surface area contributed by atoms with Crippen molar-refractivity contribution in [3.63, 3.8) is 0 Å². The van der Waals surface area contributed by atoms with Crippen molar-refractivity contribution in [1.82, 2.24) is 0 Å². The predicted molar refractivity (Wildman–Crippen MR) is 137 cm³/mol. The molecule has 0 aliphatic carbocycles. The van der Waals surface area contributed by atoms with E-state index >= 15 is 0 Å². The molecule has 0 radical (unpaired) electrons. The summed E-state index contributed by atoms with van der Waals surface area (Å²) in [7, 11) is -5.02. The summed E-state index contributed by atoms with van der Waals surface area (Å²) in [5, 5.41) is 15.0. The zero-order chi connectivity index (χ0) is 24.1. The Bertz CT molecular complexity index is 1440. The molecule has 0 spiro atoms. The monoisotopic (exact) mass is 493 g/mol. The molecule has 174 valence electrons. The van der Waals surface area contributed by atoms with Gasteiger partial charge < -0.3 is 0 Å². The second-order valence-electron chi connectivity index (χ2n) is 8.44. The van der Waals surface area contributed by atoms with E-state index in [4.69, 9.17) is 3.97 Å². The fraction of sp³-hybridized carbons (Fsp3) is 0.0769. The van der Waals surface area contributed by atoms with Crippen molar-refractivity contribution in [3.05, 3.63) is 115 Å². The number of aromatic hydroxyl groups is 1. The Kier molecular flexibility index (Phi) is 5.08. The van der Waals surface area contributed by atoms with Gasteiger partial charge in [-0.15, -0.1) is 0 Å². The van der Waals surface area contributed by atoms with Gasteiger partial charge in [-0.05, 0) is 0 Å². The second-order valence-corrected chi connectivity index (χ2v) is 14.4. The van der Waals surface area contributed by atoms with Crippen LogP contribution in [0.4, 0.5) is 5.69 Å². The number of rotatable bonds is 5. The Labute approximate surface area is 198 Å². The standard InChI is InChI=1S/C26H24NO5PS/c1-26(22-16-8-10-18-24(22)28)27-23-17-9-11-19-25(23)33(26,32-34(29,30)31,20-12-4-2-5-13-20)21-14-6-3-7-15-21/h2-19,27-28H,1H3,(H,29,30,31). The van der Waals surface area contributed by atoms with Gasteiger partial charge in [0.2, 0.25) is 0 Å². The van der Waals surface area contributed by atoms with E-state index in [2.05, 4.69) is 5.32 Å². The molecule has 3 N–H and O–H groups in total. The fourth-order valence-electron chi connectivity index (χ4n) is 5.50. The zero-order valence-electron chi connectivity index (χ0n) is 18.4.